The van der Waals surface area contributed by atoms with E-state index in [1.807, 2.05) is 25.1 Å². The summed E-state index contributed by atoms with van der Waals surface area (Å²) in [5.74, 6) is 1.51. The Balaban J connectivity index is 2.57. The Bertz CT molecular complexity index is 459. The van der Waals surface area contributed by atoms with Gasteiger partial charge in [0.1, 0.15) is 0 Å². The normalized spacial score (nSPS) is 11.9. The molecule has 0 fully saturated rings. The lowest BCUT2D eigenvalue weighted by atomic mass is 10.1. The Hall–Kier alpha value is -1.75. The molecule has 0 heterocycles. The summed E-state index contributed by atoms with van der Waals surface area (Å²) in [5.41, 5.74) is 6.93. The smallest absolute Gasteiger partial charge is 0.222 e. The third-order valence-electron chi connectivity index (χ3n) is 3.08. The number of hydrogen-bond acceptors (Lipinski definition) is 4. The van der Waals surface area contributed by atoms with Gasteiger partial charge in [0.05, 0.1) is 13.7 Å². The van der Waals surface area contributed by atoms with Crippen LogP contribution in [0, 0.1) is 0 Å². The Kier molecular flexibility index (Phi) is 7.02. The van der Waals surface area contributed by atoms with Gasteiger partial charge in [-0.25, -0.2) is 0 Å². The van der Waals surface area contributed by atoms with Crippen molar-refractivity contribution < 1.29 is 14.3 Å². The van der Waals surface area contributed by atoms with Gasteiger partial charge in [-0.2, -0.15) is 0 Å². The van der Waals surface area contributed by atoms with Crippen LogP contribution in [-0.2, 0) is 11.2 Å². The molecule has 0 radical (unpaired) electrons. The monoisotopic (exact) mass is 294 g/mol. The molecule has 0 spiro atoms. The maximum atomic E-state index is 11.5. The second-order valence-corrected chi connectivity index (χ2v) is 5.41. The van der Waals surface area contributed by atoms with E-state index >= 15 is 0 Å². The Morgan fingerprint density at radius 1 is 1.33 bits per heavy atom. The topological polar surface area (TPSA) is 64.8 Å². The lowest BCUT2D eigenvalue weighted by Crippen LogP contribution is -2.21. The zero-order chi connectivity index (χ0) is 15.8. The van der Waals surface area contributed by atoms with Crippen LogP contribution in [0.25, 0.3) is 0 Å². The number of benzene rings is 1. The predicted octanol–water partition coefficient (Wildman–Crippen LogP) is 1.83. The zero-order valence-electron chi connectivity index (χ0n) is 13.4. The van der Waals surface area contributed by atoms with Gasteiger partial charge in [-0.15, -0.1) is 0 Å². The SMILES string of the molecule is COc1ccc(CC(C)N)cc1OCCCC(=O)N(C)C. The average Bonchev–Trinajstić information content (AvgIpc) is 2.42. The van der Waals surface area contributed by atoms with Crippen LogP contribution in [0.1, 0.15) is 25.3 Å². The fourth-order valence-electron chi connectivity index (χ4n) is 1.96. The molecule has 5 heteroatoms. The van der Waals surface area contributed by atoms with Crippen molar-refractivity contribution in [1.29, 1.82) is 0 Å². The fourth-order valence-corrected chi connectivity index (χ4v) is 1.96. The van der Waals surface area contributed by atoms with Crippen molar-refractivity contribution in [3.63, 3.8) is 0 Å². The van der Waals surface area contributed by atoms with Gasteiger partial charge < -0.3 is 20.1 Å². The molecule has 1 amide bonds. The second-order valence-electron chi connectivity index (χ2n) is 5.41. The first-order valence-electron chi connectivity index (χ1n) is 7.19. The Labute approximate surface area is 127 Å². The van der Waals surface area contributed by atoms with Gasteiger partial charge >= 0.3 is 0 Å². The largest absolute Gasteiger partial charge is 0.493 e. The number of rotatable bonds is 8. The van der Waals surface area contributed by atoms with Gasteiger partial charge in [-0.1, -0.05) is 6.07 Å². The average molecular weight is 294 g/mol. The minimum atomic E-state index is 0.101. The molecule has 1 aromatic carbocycles. The number of ether oxygens (including phenoxy) is 2. The van der Waals surface area contributed by atoms with Gasteiger partial charge in [0.15, 0.2) is 11.5 Å². The van der Waals surface area contributed by atoms with Crippen LogP contribution in [0.15, 0.2) is 18.2 Å². The molecular formula is C16H26N2O3. The highest BCUT2D eigenvalue weighted by Crippen LogP contribution is 2.28. The van der Waals surface area contributed by atoms with E-state index in [2.05, 4.69) is 0 Å². The minimum Gasteiger partial charge on any atom is -0.493 e. The summed E-state index contributed by atoms with van der Waals surface area (Å²) in [6.07, 6.45) is 1.95. The summed E-state index contributed by atoms with van der Waals surface area (Å²) in [5, 5.41) is 0. The molecule has 21 heavy (non-hydrogen) atoms. The van der Waals surface area contributed by atoms with Crippen molar-refractivity contribution in [2.24, 2.45) is 5.73 Å². The molecule has 0 aliphatic rings. The highest BCUT2D eigenvalue weighted by Gasteiger charge is 2.08. The van der Waals surface area contributed by atoms with E-state index < -0.39 is 0 Å². The molecule has 1 rings (SSSR count). The number of carbonyl (C=O) groups excluding carboxylic acids is 1. The van der Waals surface area contributed by atoms with E-state index in [-0.39, 0.29) is 11.9 Å². The van der Waals surface area contributed by atoms with Crippen molar-refractivity contribution in [3.8, 4) is 11.5 Å². The van der Waals surface area contributed by atoms with Crippen molar-refractivity contribution in [2.45, 2.75) is 32.2 Å². The van der Waals surface area contributed by atoms with Crippen molar-refractivity contribution >= 4 is 5.91 Å². The van der Waals surface area contributed by atoms with Gasteiger partial charge in [-0.05, 0) is 37.5 Å². The number of carbonyl (C=O) groups is 1. The molecule has 0 aliphatic heterocycles. The first-order valence-corrected chi connectivity index (χ1v) is 7.19. The van der Waals surface area contributed by atoms with Gasteiger partial charge in [-0.3, -0.25) is 4.79 Å². The highest BCUT2D eigenvalue weighted by molar-refractivity contribution is 5.75. The molecule has 1 atom stereocenters. The summed E-state index contributed by atoms with van der Waals surface area (Å²) in [7, 11) is 5.12. The number of nitrogens with two attached hydrogens (primary N) is 1. The molecular weight excluding hydrogens is 268 g/mol. The summed E-state index contributed by atoms with van der Waals surface area (Å²) in [6, 6.07) is 5.93. The number of hydrogen-bond donors (Lipinski definition) is 1. The lowest BCUT2D eigenvalue weighted by molar-refractivity contribution is -0.128. The zero-order valence-corrected chi connectivity index (χ0v) is 13.4. The highest BCUT2D eigenvalue weighted by atomic mass is 16.5. The van der Waals surface area contributed by atoms with Crippen LogP contribution in [0.5, 0.6) is 11.5 Å². The van der Waals surface area contributed by atoms with E-state index in [0.717, 1.165) is 12.0 Å². The fraction of sp³-hybridized carbons (Fsp3) is 0.562. The first-order chi connectivity index (χ1) is 9.93. The molecule has 0 aliphatic carbocycles. The molecule has 5 nitrogen and oxygen atoms in total. The molecule has 1 unspecified atom stereocenters. The van der Waals surface area contributed by atoms with Gasteiger partial charge in [0.25, 0.3) is 0 Å². The van der Waals surface area contributed by atoms with Gasteiger partial charge in [0, 0.05) is 26.6 Å². The van der Waals surface area contributed by atoms with Gasteiger partial charge in [0.2, 0.25) is 5.91 Å². The van der Waals surface area contributed by atoms with Crippen LogP contribution in [0.3, 0.4) is 0 Å². The molecule has 0 aromatic heterocycles. The number of methoxy groups -OCH3 is 1. The van der Waals surface area contributed by atoms with E-state index in [0.29, 0.717) is 30.9 Å². The molecule has 0 saturated carbocycles. The van der Waals surface area contributed by atoms with E-state index in [4.69, 9.17) is 15.2 Å². The van der Waals surface area contributed by atoms with Crippen LogP contribution in [0.4, 0.5) is 0 Å². The van der Waals surface area contributed by atoms with Crippen molar-refractivity contribution in [3.05, 3.63) is 23.8 Å². The number of nitrogens with zero attached hydrogens (tertiary/aromatic N) is 1. The molecule has 0 bridgehead atoms. The third kappa shape index (κ3) is 6.04. The summed E-state index contributed by atoms with van der Waals surface area (Å²) < 4.78 is 11.0. The third-order valence-corrected chi connectivity index (χ3v) is 3.08. The maximum Gasteiger partial charge on any atom is 0.222 e. The van der Waals surface area contributed by atoms with E-state index in [1.54, 1.807) is 26.1 Å². The number of amides is 1. The summed E-state index contributed by atoms with van der Waals surface area (Å²) >= 11 is 0. The second kappa shape index (κ2) is 8.52. The first kappa shape index (κ1) is 17.3. The Morgan fingerprint density at radius 3 is 2.62 bits per heavy atom. The summed E-state index contributed by atoms with van der Waals surface area (Å²) in [4.78, 5) is 13.1. The van der Waals surface area contributed by atoms with Crippen LogP contribution in [0.2, 0.25) is 0 Å². The minimum absolute atomic E-state index is 0.101. The molecule has 2 N–H and O–H groups in total. The molecule has 0 saturated heterocycles. The summed E-state index contributed by atoms with van der Waals surface area (Å²) in [6.45, 7) is 2.45. The van der Waals surface area contributed by atoms with Crippen molar-refractivity contribution in [1.82, 2.24) is 4.90 Å². The standard InChI is InChI=1S/C16H26N2O3/c1-12(17)10-13-7-8-14(20-4)15(11-13)21-9-5-6-16(19)18(2)3/h7-8,11-12H,5-6,9-10,17H2,1-4H3. The van der Waals surface area contributed by atoms with Crippen LogP contribution in [-0.4, -0.2) is 44.7 Å². The lowest BCUT2D eigenvalue weighted by Gasteiger charge is -2.14. The Morgan fingerprint density at radius 2 is 2.05 bits per heavy atom. The molecule has 1 aromatic rings. The predicted molar refractivity (Wildman–Crippen MR) is 83.8 cm³/mol. The van der Waals surface area contributed by atoms with Crippen LogP contribution >= 0.6 is 0 Å². The molecule has 118 valence electrons. The van der Waals surface area contributed by atoms with E-state index in [9.17, 15) is 4.79 Å². The maximum absolute atomic E-state index is 11.5. The quantitative estimate of drug-likeness (QED) is 0.743. The van der Waals surface area contributed by atoms with Crippen LogP contribution < -0.4 is 15.2 Å². The van der Waals surface area contributed by atoms with Crippen molar-refractivity contribution in [2.75, 3.05) is 27.8 Å². The van der Waals surface area contributed by atoms with E-state index in [1.165, 1.54) is 0 Å².